The van der Waals surface area contributed by atoms with Crippen LogP contribution in [0.3, 0.4) is 0 Å². The summed E-state index contributed by atoms with van der Waals surface area (Å²) in [5.74, 6) is 0.196. The van der Waals surface area contributed by atoms with Gasteiger partial charge < -0.3 is 0 Å². The number of carbonyl (C=O) groups is 1. The molecule has 0 N–H and O–H groups in total. The van der Waals surface area contributed by atoms with Crippen molar-refractivity contribution in [1.82, 2.24) is 0 Å². The smallest absolute Gasteiger partial charge is 0.205 e. The van der Waals surface area contributed by atoms with Gasteiger partial charge in [-0.05, 0) is 50.7 Å². The molecule has 0 saturated heterocycles. The first-order valence-electron chi connectivity index (χ1n) is 8.63. The van der Waals surface area contributed by atoms with E-state index in [9.17, 15) is 4.79 Å². The topological polar surface area (TPSA) is 40.9 Å². The van der Waals surface area contributed by atoms with Gasteiger partial charge in [0.05, 0.1) is 17.2 Å². The maximum absolute atomic E-state index is 13.0. The molecule has 0 radical (unpaired) electrons. The van der Waals surface area contributed by atoms with Crippen molar-refractivity contribution < 1.29 is 4.79 Å². The molecule has 124 valence electrons. The number of nitriles is 1. The maximum atomic E-state index is 13.0. The summed E-state index contributed by atoms with van der Waals surface area (Å²) in [7, 11) is 0. The maximum Gasteiger partial charge on any atom is 0.205 e. The molecular formula is C23H15NOS. The van der Waals surface area contributed by atoms with Crippen LogP contribution in [-0.4, -0.2) is 10.9 Å². The third-order valence-electron chi connectivity index (χ3n) is 5.56. The zero-order valence-corrected chi connectivity index (χ0v) is 14.8. The van der Waals surface area contributed by atoms with Crippen LogP contribution in [0, 0.1) is 11.3 Å². The first-order valence-corrected chi connectivity index (χ1v) is 9.62. The molecule has 0 amide bonds. The highest BCUT2D eigenvalue weighted by molar-refractivity contribution is 8.14. The molecule has 3 heteroatoms. The molecule has 1 atom stereocenters. The Labute approximate surface area is 155 Å². The number of hydrogen-bond donors (Lipinski definition) is 0. The minimum absolute atomic E-state index is 0.0780. The van der Waals surface area contributed by atoms with Crippen molar-refractivity contribution >= 4 is 44.5 Å². The summed E-state index contributed by atoms with van der Waals surface area (Å²) >= 11 is 1.13. The lowest BCUT2D eigenvalue weighted by molar-refractivity contribution is -0.114. The van der Waals surface area contributed by atoms with Crippen LogP contribution in [0.4, 0.5) is 0 Å². The highest BCUT2D eigenvalue weighted by Gasteiger charge is 2.48. The fourth-order valence-corrected chi connectivity index (χ4v) is 5.14. The van der Waals surface area contributed by atoms with Crippen LogP contribution in [0.1, 0.15) is 17.5 Å². The molecule has 0 heterocycles. The van der Waals surface area contributed by atoms with Gasteiger partial charge in [0, 0.05) is 0 Å². The number of hydrogen-bond acceptors (Lipinski definition) is 3. The number of thioether (sulfide) groups is 1. The van der Waals surface area contributed by atoms with E-state index < -0.39 is 5.41 Å². The number of carbonyl (C=O) groups excluding carboxylic acids is 1. The highest BCUT2D eigenvalue weighted by atomic mass is 32.2. The summed E-state index contributed by atoms with van der Waals surface area (Å²) in [5, 5.41) is 13.8. The molecule has 3 aromatic carbocycles. The van der Waals surface area contributed by atoms with Crippen LogP contribution >= 0.6 is 11.8 Å². The van der Waals surface area contributed by atoms with E-state index in [0.717, 1.165) is 28.5 Å². The van der Waals surface area contributed by atoms with E-state index in [-0.39, 0.29) is 10.9 Å². The van der Waals surface area contributed by atoms with Gasteiger partial charge in [-0.2, -0.15) is 5.26 Å². The second-order valence-corrected chi connectivity index (χ2v) is 7.70. The Morgan fingerprint density at radius 1 is 1.08 bits per heavy atom. The Bertz CT molecular complexity index is 1200. The minimum atomic E-state index is -0.614. The van der Waals surface area contributed by atoms with Gasteiger partial charge in [0.2, 0.25) is 5.12 Å². The molecule has 0 saturated carbocycles. The first kappa shape index (κ1) is 15.4. The zero-order chi connectivity index (χ0) is 17.7. The summed E-state index contributed by atoms with van der Waals surface area (Å²) in [6.07, 6.45) is 6.99. The van der Waals surface area contributed by atoms with Crippen molar-refractivity contribution in [3.8, 4) is 6.07 Å². The van der Waals surface area contributed by atoms with E-state index in [2.05, 4.69) is 72.8 Å². The summed E-state index contributed by atoms with van der Waals surface area (Å²) in [5.41, 5.74) is 2.68. The summed E-state index contributed by atoms with van der Waals surface area (Å²) in [4.78, 5) is 13.0. The van der Waals surface area contributed by atoms with Crippen LogP contribution in [0.25, 0.3) is 27.6 Å². The lowest BCUT2D eigenvalue weighted by Crippen LogP contribution is -2.31. The standard InChI is InChI=1S/C23H15NOS/c24-12-13-26-22(25)23-11-3-5-16(23)14-20-19-8-7-15-4-1-2-6-17(15)18(19)9-10-21(20)23/h1-10,14H,11,13H2. The van der Waals surface area contributed by atoms with Gasteiger partial charge in [-0.25, -0.2) is 0 Å². The van der Waals surface area contributed by atoms with E-state index >= 15 is 0 Å². The van der Waals surface area contributed by atoms with E-state index in [1.807, 2.05) is 0 Å². The molecule has 0 fully saturated rings. The van der Waals surface area contributed by atoms with Gasteiger partial charge in [-0.15, -0.1) is 0 Å². The van der Waals surface area contributed by atoms with Crippen molar-refractivity contribution in [1.29, 1.82) is 5.26 Å². The minimum Gasteiger partial charge on any atom is -0.286 e. The third kappa shape index (κ3) is 1.91. The van der Waals surface area contributed by atoms with E-state index in [4.69, 9.17) is 5.26 Å². The molecule has 2 nitrogen and oxygen atoms in total. The fraction of sp³-hybridized carbons (Fsp3) is 0.130. The summed E-state index contributed by atoms with van der Waals surface area (Å²) in [6, 6.07) is 19.1. The van der Waals surface area contributed by atoms with Crippen LogP contribution in [0.15, 0.2) is 66.3 Å². The number of nitrogens with zero attached hydrogens (tertiary/aromatic N) is 1. The fourth-order valence-electron chi connectivity index (χ4n) is 4.39. The monoisotopic (exact) mass is 353 g/mol. The molecule has 2 aliphatic carbocycles. The number of allylic oxidation sites excluding steroid dienone is 3. The van der Waals surface area contributed by atoms with Crippen LogP contribution < -0.4 is 0 Å². The molecule has 0 spiro atoms. The van der Waals surface area contributed by atoms with E-state index in [1.54, 1.807) is 0 Å². The molecule has 0 bridgehead atoms. The van der Waals surface area contributed by atoms with Crippen molar-refractivity contribution in [2.45, 2.75) is 11.8 Å². The van der Waals surface area contributed by atoms with Gasteiger partial charge in [-0.1, -0.05) is 72.4 Å². The molecule has 1 unspecified atom stereocenters. The number of rotatable bonds is 2. The molecule has 26 heavy (non-hydrogen) atoms. The summed E-state index contributed by atoms with van der Waals surface area (Å²) < 4.78 is 0. The number of benzene rings is 3. The molecular weight excluding hydrogens is 338 g/mol. The SMILES string of the molecule is N#CCSC(=O)C12CC=CC1=Cc1c2ccc2c1ccc1ccccc12. The predicted molar refractivity (Wildman–Crippen MR) is 108 cm³/mol. The molecule has 0 aromatic heterocycles. The Morgan fingerprint density at radius 2 is 1.92 bits per heavy atom. The zero-order valence-electron chi connectivity index (χ0n) is 14.0. The lowest BCUT2D eigenvalue weighted by Gasteiger charge is -2.26. The van der Waals surface area contributed by atoms with E-state index in [1.165, 1.54) is 21.5 Å². The van der Waals surface area contributed by atoms with Crippen LogP contribution in [0.2, 0.25) is 0 Å². The van der Waals surface area contributed by atoms with Crippen molar-refractivity contribution in [3.05, 3.63) is 77.4 Å². The van der Waals surface area contributed by atoms with Crippen LogP contribution in [-0.2, 0) is 10.2 Å². The second kappa shape index (κ2) is 5.59. The van der Waals surface area contributed by atoms with Crippen molar-refractivity contribution in [3.63, 3.8) is 0 Å². The molecule has 5 rings (SSSR count). The van der Waals surface area contributed by atoms with Gasteiger partial charge in [0.25, 0.3) is 0 Å². The highest BCUT2D eigenvalue weighted by Crippen LogP contribution is 2.53. The average molecular weight is 353 g/mol. The lowest BCUT2D eigenvalue weighted by atomic mass is 9.78. The Balaban J connectivity index is 1.78. The second-order valence-electron chi connectivity index (χ2n) is 6.75. The summed E-state index contributed by atoms with van der Waals surface area (Å²) in [6.45, 7) is 0. The quantitative estimate of drug-likeness (QED) is 0.582. The Hall–Kier alpha value is -2.83. The first-order chi connectivity index (χ1) is 12.8. The van der Waals surface area contributed by atoms with Crippen molar-refractivity contribution in [2.24, 2.45) is 0 Å². The number of fused-ring (bicyclic) bond motifs is 7. The average Bonchev–Trinajstić information content (AvgIpc) is 3.23. The van der Waals surface area contributed by atoms with Crippen LogP contribution in [0.5, 0.6) is 0 Å². The van der Waals surface area contributed by atoms with Gasteiger partial charge >= 0.3 is 0 Å². The molecule has 0 aliphatic heterocycles. The van der Waals surface area contributed by atoms with Gasteiger partial charge in [0.15, 0.2) is 0 Å². The van der Waals surface area contributed by atoms with E-state index in [0.29, 0.717) is 6.42 Å². The molecule has 2 aliphatic rings. The largest absolute Gasteiger partial charge is 0.286 e. The van der Waals surface area contributed by atoms with Crippen molar-refractivity contribution in [2.75, 3.05) is 5.75 Å². The molecule has 3 aromatic rings. The third-order valence-corrected chi connectivity index (χ3v) is 6.44. The van der Waals surface area contributed by atoms with Gasteiger partial charge in [-0.3, -0.25) is 4.79 Å². The Kier molecular flexibility index (Phi) is 3.32. The van der Waals surface area contributed by atoms with Gasteiger partial charge in [0.1, 0.15) is 0 Å². The normalized spacial score (nSPS) is 20.0. The Morgan fingerprint density at radius 3 is 2.81 bits per heavy atom. The predicted octanol–water partition coefficient (Wildman–Crippen LogP) is 5.37.